The monoisotopic (exact) mass is 309 g/mol. The number of hydrogen-bond donors (Lipinski definition) is 1. The van der Waals surface area contributed by atoms with Gasteiger partial charge in [-0.2, -0.15) is 5.10 Å². The predicted molar refractivity (Wildman–Crippen MR) is 73.2 cm³/mol. The highest BCUT2D eigenvalue weighted by atomic mass is 79.9. The van der Waals surface area contributed by atoms with E-state index < -0.39 is 6.10 Å². The van der Waals surface area contributed by atoms with Crippen LogP contribution in [0.5, 0.6) is 0 Å². The molecule has 0 spiro atoms. The molecule has 0 bridgehead atoms. The molecule has 2 aromatic rings. The molecule has 4 nitrogen and oxygen atoms in total. The second kappa shape index (κ2) is 5.63. The van der Waals surface area contributed by atoms with E-state index in [9.17, 15) is 5.11 Å². The maximum atomic E-state index is 10.2. The lowest BCUT2D eigenvalue weighted by Gasteiger charge is -2.10. The van der Waals surface area contributed by atoms with Gasteiger partial charge in [0.25, 0.3) is 0 Å². The van der Waals surface area contributed by atoms with Gasteiger partial charge in [-0.25, -0.2) is 0 Å². The molecule has 0 saturated heterocycles. The molecule has 0 aliphatic rings. The van der Waals surface area contributed by atoms with Gasteiger partial charge in [0.05, 0.1) is 11.4 Å². The van der Waals surface area contributed by atoms with Crippen molar-refractivity contribution in [1.82, 2.24) is 14.8 Å². The molecule has 96 valence electrons. The van der Waals surface area contributed by atoms with E-state index in [1.54, 1.807) is 6.20 Å². The van der Waals surface area contributed by atoms with Crippen LogP contribution in [0.25, 0.3) is 0 Å². The summed E-state index contributed by atoms with van der Waals surface area (Å²) in [5.41, 5.74) is 2.74. The third kappa shape index (κ3) is 2.97. The summed E-state index contributed by atoms with van der Waals surface area (Å²) in [6.45, 7) is 2.07. The lowest BCUT2D eigenvalue weighted by Crippen LogP contribution is -2.07. The lowest BCUT2D eigenvalue weighted by molar-refractivity contribution is 0.171. The minimum absolute atomic E-state index is 0.526. The number of rotatable bonds is 4. The predicted octanol–water partition coefficient (Wildman–Crippen LogP) is 2.42. The Labute approximate surface area is 115 Å². The molecular weight excluding hydrogens is 294 g/mol. The van der Waals surface area contributed by atoms with Crippen LogP contribution in [0.3, 0.4) is 0 Å². The third-order valence-electron chi connectivity index (χ3n) is 2.88. The molecular formula is C13H16BrN3O. The summed E-state index contributed by atoms with van der Waals surface area (Å²) in [7, 11) is 1.90. The van der Waals surface area contributed by atoms with Gasteiger partial charge >= 0.3 is 0 Å². The average molecular weight is 310 g/mol. The van der Waals surface area contributed by atoms with Gasteiger partial charge in [0, 0.05) is 29.8 Å². The smallest absolute Gasteiger partial charge is 0.101 e. The van der Waals surface area contributed by atoms with Crippen molar-refractivity contribution in [3.05, 3.63) is 46.0 Å². The number of aliphatic hydroxyl groups excluding tert-OH is 1. The summed E-state index contributed by atoms with van der Waals surface area (Å²) in [6.07, 6.45) is 2.52. The topological polar surface area (TPSA) is 50.9 Å². The largest absolute Gasteiger partial charge is 0.386 e. The van der Waals surface area contributed by atoms with Crippen molar-refractivity contribution in [1.29, 1.82) is 0 Å². The van der Waals surface area contributed by atoms with E-state index in [1.165, 1.54) is 0 Å². The Hall–Kier alpha value is -1.20. The van der Waals surface area contributed by atoms with Gasteiger partial charge in [0.2, 0.25) is 0 Å². The molecule has 0 aliphatic heterocycles. The number of nitrogens with zero attached hydrogens (tertiary/aromatic N) is 3. The van der Waals surface area contributed by atoms with E-state index in [-0.39, 0.29) is 0 Å². The first-order valence-electron chi connectivity index (χ1n) is 5.91. The molecule has 2 heterocycles. The normalized spacial score (nSPS) is 12.7. The minimum atomic E-state index is -0.599. The molecule has 2 rings (SSSR count). The van der Waals surface area contributed by atoms with Gasteiger partial charge in [0.1, 0.15) is 6.10 Å². The quantitative estimate of drug-likeness (QED) is 0.943. The van der Waals surface area contributed by atoms with Crippen LogP contribution < -0.4 is 0 Å². The molecule has 18 heavy (non-hydrogen) atoms. The minimum Gasteiger partial charge on any atom is -0.386 e. The second-order valence-corrected chi connectivity index (χ2v) is 5.14. The van der Waals surface area contributed by atoms with E-state index in [0.29, 0.717) is 12.1 Å². The van der Waals surface area contributed by atoms with Gasteiger partial charge in [-0.15, -0.1) is 0 Å². The number of aliphatic hydroxyl groups is 1. The Bertz CT molecular complexity index is 522. The highest BCUT2D eigenvalue weighted by molar-refractivity contribution is 9.10. The molecule has 2 aromatic heterocycles. The Balaban J connectivity index is 2.13. The zero-order valence-electron chi connectivity index (χ0n) is 10.5. The first-order chi connectivity index (χ1) is 8.60. The zero-order valence-corrected chi connectivity index (χ0v) is 12.1. The van der Waals surface area contributed by atoms with E-state index >= 15 is 0 Å². The zero-order chi connectivity index (χ0) is 13.1. The van der Waals surface area contributed by atoms with E-state index in [2.05, 4.69) is 32.9 Å². The highest BCUT2D eigenvalue weighted by Crippen LogP contribution is 2.18. The standard InChI is InChI=1S/C13H16BrN3O/c1-3-10-6-11(17(2)16-10)7-13(18)12-5-4-9(14)8-15-12/h4-6,8,13,18H,3,7H2,1-2H3. The van der Waals surface area contributed by atoms with Crippen molar-refractivity contribution in [2.45, 2.75) is 25.9 Å². The first kappa shape index (κ1) is 13.2. The Morgan fingerprint density at radius 1 is 1.44 bits per heavy atom. The summed E-state index contributed by atoms with van der Waals surface area (Å²) >= 11 is 3.33. The van der Waals surface area contributed by atoms with Gasteiger partial charge in [-0.3, -0.25) is 9.67 Å². The maximum Gasteiger partial charge on any atom is 0.101 e. The molecule has 0 fully saturated rings. The van der Waals surface area contributed by atoms with Crippen LogP contribution >= 0.6 is 15.9 Å². The van der Waals surface area contributed by atoms with Crippen LogP contribution in [-0.2, 0) is 19.9 Å². The van der Waals surface area contributed by atoms with E-state index in [4.69, 9.17) is 0 Å². The highest BCUT2D eigenvalue weighted by Gasteiger charge is 2.13. The Morgan fingerprint density at radius 3 is 2.78 bits per heavy atom. The summed E-state index contributed by atoms with van der Waals surface area (Å²) in [6, 6.07) is 5.74. The second-order valence-electron chi connectivity index (χ2n) is 4.23. The van der Waals surface area contributed by atoms with Crippen LogP contribution in [0.2, 0.25) is 0 Å². The molecule has 1 atom stereocenters. The number of halogens is 1. The Morgan fingerprint density at radius 2 is 2.22 bits per heavy atom. The molecule has 0 saturated carbocycles. The fourth-order valence-electron chi connectivity index (χ4n) is 1.82. The SMILES string of the molecule is CCc1cc(CC(O)c2ccc(Br)cn2)n(C)n1. The molecule has 1 N–H and O–H groups in total. The fraction of sp³-hybridized carbons (Fsp3) is 0.385. The maximum absolute atomic E-state index is 10.2. The molecule has 1 unspecified atom stereocenters. The number of hydrogen-bond acceptors (Lipinski definition) is 3. The summed E-state index contributed by atoms with van der Waals surface area (Å²) in [4.78, 5) is 4.20. The van der Waals surface area contributed by atoms with Crippen molar-refractivity contribution < 1.29 is 5.11 Å². The first-order valence-corrected chi connectivity index (χ1v) is 6.70. The van der Waals surface area contributed by atoms with Gasteiger partial charge in [-0.05, 0) is 40.5 Å². The molecule has 0 aromatic carbocycles. The number of aromatic nitrogens is 3. The van der Waals surface area contributed by atoms with Crippen LogP contribution in [0.1, 0.15) is 30.1 Å². The van der Waals surface area contributed by atoms with Gasteiger partial charge < -0.3 is 5.11 Å². The van der Waals surface area contributed by atoms with E-state index in [1.807, 2.05) is 29.9 Å². The molecule has 0 aliphatic carbocycles. The van der Waals surface area contributed by atoms with Crippen molar-refractivity contribution in [2.75, 3.05) is 0 Å². The molecule has 5 heteroatoms. The lowest BCUT2D eigenvalue weighted by atomic mass is 10.1. The van der Waals surface area contributed by atoms with Crippen LogP contribution in [-0.4, -0.2) is 19.9 Å². The average Bonchev–Trinajstić information content (AvgIpc) is 2.71. The van der Waals surface area contributed by atoms with Crippen LogP contribution in [0.15, 0.2) is 28.9 Å². The van der Waals surface area contributed by atoms with Crippen LogP contribution in [0, 0.1) is 0 Å². The van der Waals surface area contributed by atoms with Crippen molar-refractivity contribution in [3.63, 3.8) is 0 Å². The van der Waals surface area contributed by atoms with Gasteiger partial charge in [-0.1, -0.05) is 6.92 Å². The molecule has 0 radical (unpaired) electrons. The third-order valence-corrected chi connectivity index (χ3v) is 3.35. The van der Waals surface area contributed by atoms with Gasteiger partial charge in [0.15, 0.2) is 0 Å². The van der Waals surface area contributed by atoms with Crippen LogP contribution in [0.4, 0.5) is 0 Å². The number of aryl methyl sites for hydroxylation is 2. The summed E-state index contributed by atoms with van der Waals surface area (Å²) in [5, 5.41) is 14.5. The Kier molecular flexibility index (Phi) is 4.14. The van der Waals surface area contributed by atoms with Crippen molar-refractivity contribution >= 4 is 15.9 Å². The van der Waals surface area contributed by atoms with Crippen molar-refractivity contribution in [3.8, 4) is 0 Å². The molecule has 0 amide bonds. The fourth-order valence-corrected chi connectivity index (χ4v) is 2.06. The van der Waals surface area contributed by atoms with E-state index in [0.717, 1.165) is 22.3 Å². The number of pyridine rings is 1. The summed E-state index contributed by atoms with van der Waals surface area (Å²) < 4.78 is 2.73. The summed E-state index contributed by atoms with van der Waals surface area (Å²) in [5.74, 6) is 0. The van der Waals surface area contributed by atoms with Crippen molar-refractivity contribution in [2.24, 2.45) is 7.05 Å².